The molecule has 1 fully saturated rings. The van der Waals surface area contributed by atoms with E-state index in [1.54, 1.807) is 36.5 Å². The fourth-order valence-corrected chi connectivity index (χ4v) is 3.67. The third-order valence-corrected chi connectivity index (χ3v) is 5.70. The number of urea groups is 1. The highest BCUT2D eigenvalue weighted by Gasteiger charge is 2.53. The fourth-order valence-electron chi connectivity index (χ4n) is 3.38. The Morgan fingerprint density at radius 3 is 2.65 bits per heavy atom. The van der Waals surface area contributed by atoms with Crippen molar-refractivity contribution in [3.63, 3.8) is 0 Å². The standard InChI is InChI=1S/C19H24ClN3O3/c1-4-14-12(2)19(3,20)17(26-14)23-11-10-15(22-18(23)25)21-16(24)13-8-6-5-7-9-13/h5-12,14-15,17H,4H2,1-3H3,(H,21,24)(H,22,25)/t12-,14-,15?,17-,19-/m1/s1. The van der Waals surface area contributed by atoms with Gasteiger partial charge in [0.25, 0.3) is 5.91 Å². The summed E-state index contributed by atoms with van der Waals surface area (Å²) in [5.74, 6) is -0.149. The quantitative estimate of drug-likeness (QED) is 0.792. The van der Waals surface area contributed by atoms with Crippen LogP contribution in [0.3, 0.4) is 0 Å². The molecule has 1 aromatic rings. The predicted molar refractivity (Wildman–Crippen MR) is 99.6 cm³/mol. The summed E-state index contributed by atoms with van der Waals surface area (Å²) in [5, 5.41) is 5.53. The van der Waals surface area contributed by atoms with Crippen LogP contribution in [0.1, 0.15) is 37.6 Å². The monoisotopic (exact) mass is 377 g/mol. The van der Waals surface area contributed by atoms with Crippen molar-refractivity contribution in [2.24, 2.45) is 5.92 Å². The topological polar surface area (TPSA) is 70.7 Å². The van der Waals surface area contributed by atoms with E-state index < -0.39 is 17.3 Å². The number of nitrogens with zero attached hydrogens (tertiary/aromatic N) is 1. The molecule has 2 aliphatic rings. The number of carbonyl (C=O) groups excluding carboxylic acids is 2. The lowest BCUT2D eigenvalue weighted by atomic mass is 9.90. The summed E-state index contributed by atoms with van der Waals surface area (Å²) in [6.45, 7) is 5.97. The second-order valence-electron chi connectivity index (χ2n) is 6.89. The van der Waals surface area contributed by atoms with Gasteiger partial charge in [-0.2, -0.15) is 0 Å². The van der Waals surface area contributed by atoms with Gasteiger partial charge in [-0.05, 0) is 31.6 Å². The average molecular weight is 378 g/mol. The molecule has 3 amide bonds. The van der Waals surface area contributed by atoms with Crippen LogP contribution in [0.2, 0.25) is 0 Å². The van der Waals surface area contributed by atoms with Crippen LogP contribution in [-0.4, -0.2) is 40.2 Å². The predicted octanol–water partition coefficient (Wildman–Crippen LogP) is 3.05. The van der Waals surface area contributed by atoms with Crippen molar-refractivity contribution in [2.75, 3.05) is 0 Å². The van der Waals surface area contributed by atoms with E-state index in [4.69, 9.17) is 16.3 Å². The fraction of sp³-hybridized carbons (Fsp3) is 0.474. The Morgan fingerprint density at radius 2 is 2.08 bits per heavy atom. The molecule has 7 heteroatoms. The summed E-state index contributed by atoms with van der Waals surface area (Å²) in [7, 11) is 0. The smallest absolute Gasteiger partial charge is 0.325 e. The molecule has 1 aromatic carbocycles. The molecular formula is C19H24ClN3O3. The number of hydrogen-bond donors (Lipinski definition) is 2. The Labute approximate surface area is 158 Å². The van der Waals surface area contributed by atoms with Gasteiger partial charge in [-0.3, -0.25) is 9.69 Å². The number of nitrogens with one attached hydrogen (secondary N) is 2. The van der Waals surface area contributed by atoms with Crippen LogP contribution in [0, 0.1) is 5.92 Å². The molecular weight excluding hydrogens is 354 g/mol. The van der Waals surface area contributed by atoms with Crippen LogP contribution >= 0.6 is 11.6 Å². The molecule has 0 spiro atoms. The maximum Gasteiger partial charge on any atom is 0.325 e. The molecule has 0 radical (unpaired) electrons. The zero-order valence-corrected chi connectivity index (χ0v) is 15.9. The molecule has 2 aliphatic heterocycles. The van der Waals surface area contributed by atoms with Gasteiger partial charge in [0.15, 0.2) is 6.23 Å². The summed E-state index contributed by atoms with van der Waals surface area (Å²) in [6.07, 6.45) is 3.02. The second kappa shape index (κ2) is 7.29. The Balaban J connectivity index is 1.69. The second-order valence-corrected chi connectivity index (χ2v) is 7.70. The van der Waals surface area contributed by atoms with Gasteiger partial charge in [-0.1, -0.05) is 32.0 Å². The number of carbonyl (C=O) groups is 2. The molecule has 2 heterocycles. The van der Waals surface area contributed by atoms with E-state index in [0.29, 0.717) is 5.56 Å². The lowest BCUT2D eigenvalue weighted by molar-refractivity contribution is -0.0295. The normalized spacial score (nSPS) is 33.8. The molecule has 3 rings (SSSR count). The van der Waals surface area contributed by atoms with Gasteiger partial charge in [0, 0.05) is 17.7 Å². The van der Waals surface area contributed by atoms with Gasteiger partial charge in [-0.25, -0.2) is 4.79 Å². The highest BCUT2D eigenvalue weighted by atomic mass is 35.5. The zero-order valence-electron chi connectivity index (χ0n) is 15.1. The summed E-state index contributed by atoms with van der Waals surface area (Å²) in [4.78, 5) is 25.6. The summed E-state index contributed by atoms with van der Waals surface area (Å²) < 4.78 is 6.03. The van der Waals surface area contributed by atoms with E-state index in [1.165, 1.54) is 4.90 Å². The minimum absolute atomic E-state index is 0.000734. The van der Waals surface area contributed by atoms with Gasteiger partial charge in [0.2, 0.25) is 0 Å². The molecule has 140 valence electrons. The number of alkyl halides is 1. The van der Waals surface area contributed by atoms with Gasteiger partial charge in [0.1, 0.15) is 6.17 Å². The van der Waals surface area contributed by atoms with Crippen LogP contribution in [0.5, 0.6) is 0 Å². The van der Waals surface area contributed by atoms with E-state index in [2.05, 4.69) is 10.6 Å². The minimum atomic E-state index is -0.692. The number of ether oxygens (including phenoxy) is 1. The van der Waals surface area contributed by atoms with E-state index in [1.807, 2.05) is 26.8 Å². The molecule has 0 aliphatic carbocycles. The van der Waals surface area contributed by atoms with Crippen LogP contribution in [0.15, 0.2) is 42.6 Å². The first-order chi connectivity index (χ1) is 12.3. The molecule has 1 saturated heterocycles. The maximum absolute atomic E-state index is 12.6. The molecule has 6 nitrogen and oxygen atoms in total. The van der Waals surface area contributed by atoms with Crippen LogP contribution in [0.25, 0.3) is 0 Å². The number of hydrogen-bond acceptors (Lipinski definition) is 3. The number of amides is 3. The summed E-state index contributed by atoms with van der Waals surface area (Å²) in [5.41, 5.74) is 0.532. The third kappa shape index (κ3) is 3.44. The van der Waals surface area contributed by atoms with Crippen molar-refractivity contribution in [1.82, 2.24) is 15.5 Å². The van der Waals surface area contributed by atoms with Gasteiger partial charge < -0.3 is 15.4 Å². The van der Waals surface area contributed by atoms with Crippen molar-refractivity contribution in [1.29, 1.82) is 0 Å². The van der Waals surface area contributed by atoms with Crippen LogP contribution in [-0.2, 0) is 4.74 Å². The molecule has 0 saturated carbocycles. The molecule has 0 aromatic heterocycles. The van der Waals surface area contributed by atoms with Crippen LogP contribution < -0.4 is 10.6 Å². The first kappa shape index (κ1) is 18.7. The maximum atomic E-state index is 12.6. The van der Waals surface area contributed by atoms with E-state index >= 15 is 0 Å². The molecule has 5 atom stereocenters. The first-order valence-electron chi connectivity index (χ1n) is 8.82. The Bertz CT molecular complexity index is 707. The van der Waals surface area contributed by atoms with Crippen LogP contribution in [0.4, 0.5) is 4.79 Å². The van der Waals surface area contributed by atoms with E-state index in [-0.39, 0.29) is 24.0 Å². The number of halogens is 1. The van der Waals surface area contributed by atoms with Crippen molar-refractivity contribution < 1.29 is 14.3 Å². The van der Waals surface area contributed by atoms with E-state index in [0.717, 1.165) is 6.42 Å². The van der Waals surface area contributed by atoms with Crippen molar-refractivity contribution in [3.8, 4) is 0 Å². The van der Waals surface area contributed by atoms with Crippen molar-refractivity contribution in [2.45, 2.75) is 50.6 Å². The molecule has 26 heavy (non-hydrogen) atoms. The van der Waals surface area contributed by atoms with E-state index in [9.17, 15) is 9.59 Å². The highest BCUT2D eigenvalue weighted by Crippen LogP contribution is 2.44. The van der Waals surface area contributed by atoms with Gasteiger partial charge >= 0.3 is 6.03 Å². The van der Waals surface area contributed by atoms with Gasteiger partial charge in [-0.15, -0.1) is 11.6 Å². The third-order valence-electron chi connectivity index (χ3n) is 5.16. The largest absolute Gasteiger partial charge is 0.352 e. The Kier molecular flexibility index (Phi) is 5.25. The Hall–Kier alpha value is -2.05. The van der Waals surface area contributed by atoms with Gasteiger partial charge in [0.05, 0.1) is 11.0 Å². The molecule has 1 unspecified atom stereocenters. The Morgan fingerprint density at radius 1 is 1.38 bits per heavy atom. The molecule has 0 bridgehead atoms. The number of rotatable bonds is 4. The highest BCUT2D eigenvalue weighted by molar-refractivity contribution is 6.24. The summed E-state index contributed by atoms with van der Waals surface area (Å²) >= 11 is 6.71. The zero-order chi connectivity index (χ0) is 18.9. The SMILES string of the molecule is CC[C@H]1O[C@@H](N2C=CC(NC(=O)c3ccccc3)NC2=O)[C@](C)(Cl)[C@@H]1C. The lowest BCUT2D eigenvalue weighted by Crippen LogP contribution is -2.58. The molecule has 2 N–H and O–H groups in total. The summed E-state index contributed by atoms with van der Waals surface area (Å²) in [6, 6.07) is 8.49. The number of benzene rings is 1. The minimum Gasteiger partial charge on any atom is -0.352 e. The van der Waals surface area contributed by atoms with Crippen molar-refractivity contribution >= 4 is 23.5 Å². The average Bonchev–Trinajstić information content (AvgIpc) is 2.85. The van der Waals surface area contributed by atoms with Crippen molar-refractivity contribution in [3.05, 3.63) is 48.2 Å². The first-order valence-corrected chi connectivity index (χ1v) is 9.19. The lowest BCUT2D eigenvalue weighted by Gasteiger charge is -2.36.